The second-order valence-corrected chi connectivity index (χ2v) is 8.19. The molecule has 1 fully saturated rings. The van der Waals surface area contributed by atoms with E-state index in [0.29, 0.717) is 18.3 Å². The molecule has 0 bridgehead atoms. The maximum atomic E-state index is 12.7. The summed E-state index contributed by atoms with van der Waals surface area (Å²) in [4.78, 5) is 15.2. The third-order valence-corrected chi connectivity index (χ3v) is 6.42. The van der Waals surface area contributed by atoms with Crippen molar-refractivity contribution in [2.24, 2.45) is 5.92 Å². The molecule has 0 N–H and O–H groups in total. The Labute approximate surface area is 173 Å². The van der Waals surface area contributed by atoms with Crippen molar-refractivity contribution in [3.8, 4) is 0 Å². The summed E-state index contributed by atoms with van der Waals surface area (Å²) in [5.74, 6) is 1.40. The predicted octanol–water partition coefficient (Wildman–Crippen LogP) is 5.78. The van der Waals surface area contributed by atoms with Crippen LogP contribution in [-0.4, -0.2) is 30.3 Å². The Morgan fingerprint density at radius 3 is 2.44 bits per heavy atom. The van der Waals surface area contributed by atoms with Crippen LogP contribution in [0.25, 0.3) is 0 Å². The number of hydrogen-bond donors (Lipinski definition) is 0. The van der Waals surface area contributed by atoms with Crippen molar-refractivity contribution in [2.45, 2.75) is 38.0 Å². The third kappa shape index (κ3) is 4.74. The molecule has 0 amide bonds. The Hall–Kier alpha value is -1.35. The summed E-state index contributed by atoms with van der Waals surface area (Å²) >= 11 is 6.33. The Bertz CT molecular complexity index is 769. The number of benzene rings is 2. The van der Waals surface area contributed by atoms with Gasteiger partial charge < -0.3 is 4.90 Å². The minimum absolute atomic E-state index is 0. The molecule has 0 saturated carbocycles. The smallest absolute Gasteiger partial charge is 0.163 e. The van der Waals surface area contributed by atoms with Gasteiger partial charge in [0.2, 0.25) is 0 Å². The summed E-state index contributed by atoms with van der Waals surface area (Å²) in [7, 11) is 0. The Kier molecular flexibility index (Phi) is 6.97. The van der Waals surface area contributed by atoms with E-state index in [1.54, 1.807) is 0 Å². The second kappa shape index (κ2) is 9.23. The van der Waals surface area contributed by atoms with E-state index in [0.717, 1.165) is 48.6 Å². The highest BCUT2D eigenvalue weighted by molar-refractivity contribution is 6.32. The van der Waals surface area contributed by atoms with E-state index in [2.05, 4.69) is 35.2 Å². The molecular weight excluding hydrogens is 377 g/mol. The molecule has 4 rings (SSSR count). The largest absolute Gasteiger partial charge is 0.303 e. The van der Waals surface area contributed by atoms with Gasteiger partial charge in [-0.3, -0.25) is 4.79 Å². The van der Waals surface area contributed by atoms with E-state index < -0.39 is 0 Å². The molecule has 144 valence electrons. The highest BCUT2D eigenvalue weighted by Gasteiger charge is 2.27. The van der Waals surface area contributed by atoms with Crippen LogP contribution in [0.1, 0.15) is 53.1 Å². The molecule has 1 saturated heterocycles. The normalized spacial score (nSPS) is 21.2. The van der Waals surface area contributed by atoms with Crippen LogP contribution >= 0.6 is 24.0 Å². The zero-order valence-corrected chi connectivity index (χ0v) is 17.1. The van der Waals surface area contributed by atoms with Crippen molar-refractivity contribution >= 4 is 29.8 Å². The molecule has 2 aliphatic rings. The number of carbonyl (C=O) groups excluding carboxylic acids is 1. The zero-order chi connectivity index (χ0) is 17.9. The fourth-order valence-corrected chi connectivity index (χ4v) is 4.86. The Morgan fingerprint density at radius 2 is 1.70 bits per heavy atom. The Balaban J connectivity index is 0.00000210. The predicted molar refractivity (Wildman–Crippen MR) is 114 cm³/mol. The van der Waals surface area contributed by atoms with Gasteiger partial charge in [0, 0.05) is 23.6 Å². The van der Waals surface area contributed by atoms with Gasteiger partial charge >= 0.3 is 0 Å². The van der Waals surface area contributed by atoms with Crippen molar-refractivity contribution in [3.05, 3.63) is 70.2 Å². The van der Waals surface area contributed by atoms with E-state index >= 15 is 0 Å². The van der Waals surface area contributed by atoms with Crippen LogP contribution in [0.5, 0.6) is 0 Å². The number of likely N-dealkylation sites (tertiary alicyclic amines) is 1. The number of fused-ring (bicyclic) bond motifs is 1. The van der Waals surface area contributed by atoms with Crippen molar-refractivity contribution in [1.29, 1.82) is 0 Å². The van der Waals surface area contributed by atoms with Crippen LogP contribution in [0.3, 0.4) is 0 Å². The number of carbonyl (C=O) groups is 1. The van der Waals surface area contributed by atoms with Gasteiger partial charge in [-0.05, 0) is 67.8 Å². The standard InChI is InChI=1S/C23H26ClNO.ClH/c24-22-8-4-7-21-20(22)10-9-17(15-23(21)26)16-25-13-11-19(12-14-25)18-5-2-1-3-6-18;/h1-8,17,19H,9-16H2;1H. The quantitative estimate of drug-likeness (QED) is 0.605. The van der Waals surface area contributed by atoms with Crippen molar-refractivity contribution in [2.75, 3.05) is 19.6 Å². The van der Waals surface area contributed by atoms with Crippen LogP contribution in [0.15, 0.2) is 48.5 Å². The molecule has 27 heavy (non-hydrogen) atoms. The average Bonchev–Trinajstić information content (AvgIpc) is 2.83. The summed E-state index contributed by atoms with van der Waals surface area (Å²) < 4.78 is 0. The van der Waals surface area contributed by atoms with Crippen LogP contribution in [-0.2, 0) is 6.42 Å². The molecule has 2 aromatic carbocycles. The fourth-order valence-electron chi connectivity index (χ4n) is 4.59. The highest BCUT2D eigenvalue weighted by atomic mass is 35.5. The molecule has 0 aromatic heterocycles. The van der Waals surface area contributed by atoms with Gasteiger partial charge in [-0.15, -0.1) is 12.4 Å². The molecule has 1 aliphatic heterocycles. The first-order valence-corrected chi connectivity index (χ1v) is 10.2. The van der Waals surface area contributed by atoms with E-state index in [-0.39, 0.29) is 18.2 Å². The number of rotatable bonds is 3. The van der Waals surface area contributed by atoms with Gasteiger partial charge in [-0.25, -0.2) is 0 Å². The number of piperidine rings is 1. The van der Waals surface area contributed by atoms with Gasteiger partial charge in [-0.2, -0.15) is 0 Å². The number of nitrogens with zero attached hydrogens (tertiary/aromatic N) is 1. The highest BCUT2D eigenvalue weighted by Crippen LogP contribution is 2.32. The van der Waals surface area contributed by atoms with Crippen LogP contribution in [0, 0.1) is 5.92 Å². The van der Waals surface area contributed by atoms with Gasteiger partial charge in [0.05, 0.1) is 0 Å². The van der Waals surface area contributed by atoms with Crippen LogP contribution in [0.4, 0.5) is 0 Å². The Morgan fingerprint density at radius 1 is 0.963 bits per heavy atom. The second-order valence-electron chi connectivity index (χ2n) is 7.78. The lowest BCUT2D eigenvalue weighted by atomic mass is 9.88. The first-order chi connectivity index (χ1) is 12.7. The van der Waals surface area contributed by atoms with Crippen molar-refractivity contribution < 1.29 is 4.79 Å². The van der Waals surface area contributed by atoms with E-state index in [4.69, 9.17) is 11.6 Å². The minimum atomic E-state index is 0. The molecule has 1 atom stereocenters. The number of ketones is 1. The molecule has 2 nitrogen and oxygen atoms in total. The summed E-state index contributed by atoms with van der Waals surface area (Å²) in [5, 5.41) is 0.750. The molecule has 2 aromatic rings. The van der Waals surface area contributed by atoms with Gasteiger partial charge in [0.25, 0.3) is 0 Å². The molecule has 1 unspecified atom stereocenters. The maximum Gasteiger partial charge on any atom is 0.163 e. The maximum absolute atomic E-state index is 12.7. The average molecular weight is 404 g/mol. The number of Topliss-reactive ketones (excluding diaryl/α,β-unsaturated/α-hetero) is 1. The molecular formula is C23H27Cl2NO. The molecule has 1 heterocycles. The summed E-state index contributed by atoms with van der Waals surface area (Å²) in [6, 6.07) is 16.6. The minimum Gasteiger partial charge on any atom is -0.303 e. The third-order valence-electron chi connectivity index (χ3n) is 6.07. The lowest BCUT2D eigenvalue weighted by Crippen LogP contribution is -2.37. The fraction of sp³-hybridized carbons (Fsp3) is 0.435. The lowest BCUT2D eigenvalue weighted by molar-refractivity contribution is 0.0941. The summed E-state index contributed by atoms with van der Waals surface area (Å²) in [5.41, 5.74) is 3.38. The SMILES string of the molecule is Cl.O=C1CC(CN2CCC(c3ccccc3)CC2)CCc2c(Cl)cccc21. The topological polar surface area (TPSA) is 20.3 Å². The first-order valence-electron chi connectivity index (χ1n) is 9.78. The molecule has 4 heteroatoms. The van der Waals surface area contributed by atoms with Crippen molar-refractivity contribution in [3.63, 3.8) is 0 Å². The van der Waals surface area contributed by atoms with Crippen LogP contribution in [0.2, 0.25) is 5.02 Å². The number of hydrogen-bond acceptors (Lipinski definition) is 2. The van der Waals surface area contributed by atoms with Gasteiger partial charge in [0.1, 0.15) is 0 Å². The lowest BCUT2D eigenvalue weighted by Gasteiger charge is -2.34. The monoisotopic (exact) mass is 403 g/mol. The van der Waals surface area contributed by atoms with Gasteiger partial charge in [-0.1, -0.05) is 54.1 Å². The van der Waals surface area contributed by atoms with E-state index in [1.807, 2.05) is 18.2 Å². The van der Waals surface area contributed by atoms with Crippen LogP contribution < -0.4 is 0 Å². The molecule has 0 spiro atoms. The molecule has 0 radical (unpaired) electrons. The van der Waals surface area contributed by atoms with E-state index in [9.17, 15) is 4.79 Å². The summed E-state index contributed by atoms with van der Waals surface area (Å²) in [6.07, 6.45) is 5.08. The van der Waals surface area contributed by atoms with Gasteiger partial charge in [0.15, 0.2) is 5.78 Å². The molecule has 1 aliphatic carbocycles. The number of halogens is 2. The zero-order valence-electron chi connectivity index (χ0n) is 15.6. The summed E-state index contributed by atoms with van der Waals surface area (Å²) in [6.45, 7) is 3.31. The van der Waals surface area contributed by atoms with E-state index in [1.165, 1.54) is 18.4 Å². The van der Waals surface area contributed by atoms with Crippen molar-refractivity contribution in [1.82, 2.24) is 4.90 Å². The first kappa shape index (κ1) is 20.4.